The minimum absolute atomic E-state index is 0.0110. The summed E-state index contributed by atoms with van der Waals surface area (Å²) in [6.07, 6.45) is 3.91. The number of aromatic nitrogens is 1. The van der Waals surface area contributed by atoms with E-state index in [4.69, 9.17) is 4.74 Å². The van der Waals surface area contributed by atoms with Gasteiger partial charge in [-0.3, -0.25) is 9.78 Å². The number of rotatable bonds is 5. The summed E-state index contributed by atoms with van der Waals surface area (Å²) in [6, 6.07) is 3.95. The highest BCUT2D eigenvalue weighted by atomic mass is 16.5. The van der Waals surface area contributed by atoms with Crippen LogP contribution < -0.4 is 5.32 Å². The second kappa shape index (κ2) is 5.89. The molecule has 1 aromatic heterocycles. The molecule has 4 nitrogen and oxygen atoms in total. The Morgan fingerprint density at radius 2 is 2.24 bits per heavy atom. The minimum Gasteiger partial charge on any atom is -0.379 e. The van der Waals surface area contributed by atoms with Gasteiger partial charge in [0.1, 0.15) is 5.78 Å². The number of hydrogen-bond donors (Lipinski definition) is 1. The van der Waals surface area contributed by atoms with Crippen molar-refractivity contribution in [2.45, 2.75) is 19.4 Å². The number of nitrogens with zero attached hydrogens (tertiary/aromatic N) is 1. The van der Waals surface area contributed by atoms with Crippen LogP contribution in [0.2, 0.25) is 0 Å². The largest absolute Gasteiger partial charge is 0.379 e. The number of pyridine rings is 1. The number of carbonyl (C=O) groups excluding carboxylic acids is 1. The van der Waals surface area contributed by atoms with Crippen molar-refractivity contribution in [2.75, 3.05) is 19.8 Å². The zero-order chi connectivity index (χ0) is 12.1. The van der Waals surface area contributed by atoms with Gasteiger partial charge in [-0.2, -0.15) is 0 Å². The molecule has 2 rings (SSSR count). The van der Waals surface area contributed by atoms with Crippen LogP contribution in [0.25, 0.3) is 0 Å². The molecular weight excluding hydrogens is 216 g/mol. The molecule has 0 bridgehead atoms. The third-order valence-corrected chi connectivity index (χ3v) is 3.09. The molecule has 1 aliphatic heterocycles. The molecule has 4 heteroatoms. The van der Waals surface area contributed by atoms with Crippen molar-refractivity contribution < 1.29 is 9.53 Å². The molecule has 0 radical (unpaired) electrons. The summed E-state index contributed by atoms with van der Waals surface area (Å²) in [7, 11) is 0. The third kappa shape index (κ3) is 3.11. The molecule has 2 heterocycles. The molecule has 92 valence electrons. The van der Waals surface area contributed by atoms with Crippen molar-refractivity contribution >= 4 is 5.78 Å². The topological polar surface area (TPSA) is 51.2 Å². The van der Waals surface area contributed by atoms with Gasteiger partial charge in [-0.1, -0.05) is 6.92 Å². The Morgan fingerprint density at radius 3 is 2.94 bits per heavy atom. The molecule has 1 fully saturated rings. The predicted molar refractivity (Wildman–Crippen MR) is 64.7 cm³/mol. The van der Waals surface area contributed by atoms with Gasteiger partial charge in [-0.15, -0.1) is 0 Å². The molecular formula is C13H18N2O2. The Hall–Kier alpha value is -1.26. The summed E-state index contributed by atoms with van der Waals surface area (Å²) in [5.41, 5.74) is 1.02. The van der Waals surface area contributed by atoms with Crippen LogP contribution in [-0.4, -0.2) is 36.6 Å². The second-order valence-electron chi connectivity index (χ2n) is 4.31. The van der Waals surface area contributed by atoms with Crippen LogP contribution in [-0.2, 0) is 16.0 Å². The van der Waals surface area contributed by atoms with Crippen molar-refractivity contribution in [1.82, 2.24) is 10.3 Å². The molecule has 1 aromatic rings. The van der Waals surface area contributed by atoms with E-state index in [-0.39, 0.29) is 17.7 Å². The molecule has 0 aliphatic carbocycles. The quantitative estimate of drug-likeness (QED) is 0.819. The smallest absolute Gasteiger partial charge is 0.144 e. The van der Waals surface area contributed by atoms with Gasteiger partial charge in [0.15, 0.2) is 0 Å². The lowest BCUT2D eigenvalue weighted by Gasteiger charge is -2.16. The van der Waals surface area contributed by atoms with Crippen molar-refractivity contribution in [3.8, 4) is 0 Å². The zero-order valence-electron chi connectivity index (χ0n) is 10.1. The highest BCUT2D eigenvalue weighted by Gasteiger charge is 2.32. The fraction of sp³-hybridized carbons (Fsp3) is 0.538. The normalized spacial score (nSPS) is 23.8. The maximum atomic E-state index is 12.2. The monoisotopic (exact) mass is 234 g/mol. The Morgan fingerprint density at radius 1 is 1.47 bits per heavy atom. The van der Waals surface area contributed by atoms with Crippen LogP contribution in [0.1, 0.15) is 12.5 Å². The summed E-state index contributed by atoms with van der Waals surface area (Å²) >= 11 is 0. The first-order valence-corrected chi connectivity index (χ1v) is 6.04. The number of nitrogens with one attached hydrogen (secondary N) is 1. The van der Waals surface area contributed by atoms with E-state index in [9.17, 15) is 4.79 Å². The van der Waals surface area contributed by atoms with Gasteiger partial charge in [-0.05, 0) is 24.2 Å². The van der Waals surface area contributed by atoms with Crippen LogP contribution >= 0.6 is 0 Å². The van der Waals surface area contributed by atoms with Gasteiger partial charge in [0.25, 0.3) is 0 Å². The van der Waals surface area contributed by atoms with Gasteiger partial charge >= 0.3 is 0 Å². The molecule has 0 aromatic carbocycles. The predicted octanol–water partition coefficient (Wildman–Crippen LogP) is 0.818. The first-order valence-electron chi connectivity index (χ1n) is 6.04. The fourth-order valence-electron chi connectivity index (χ4n) is 2.17. The third-order valence-electron chi connectivity index (χ3n) is 3.09. The molecule has 0 amide bonds. The molecule has 0 saturated carbocycles. The molecule has 1 saturated heterocycles. The lowest BCUT2D eigenvalue weighted by Crippen LogP contribution is -2.39. The number of likely N-dealkylation sites (N-methyl/N-ethyl adjacent to an activating group) is 1. The Balaban J connectivity index is 1.95. The maximum absolute atomic E-state index is 12.2. The number of carbonyl (C=O) groups is 1. The second-order valence-corrected chi connectivity index (χ2v) is 4.31. The molecule has 1 aliphatic rings. The lowest BCUT2D eigenvalue weighted by atomic mass is 9.94. The van der Waals surface area contributed by atoms with Crippen LogP contribution in [0.5, 0.6) is 0 Å². The van der Waals surface area contributed by atoms with E-state index in [1.165, 1.54) is 0 Å². The van der Waals surface area contributed by atoms with E-state index in [1.54, 1.807) is 12.4 Å². The van der Waals surface area contributed by atoms with Crippen LogP contribution in [0.15, 0.2) is 24.5 Å². The van der Waals surface area contributed by atoms with E-state index in [0.717, 1.165) is 12.1 Å². The summed E-state index contributed by atoms with van der Waals surface area (Å²) in [5, 5.41) is 3.30. The van der Waals surface area contributed by atoms with Crippen LogP contribution in [0.3, 0.4) is 0 Å². The van der Waals surface area contributed by atoms with E-state index in [0.29, 0.717) is 19.6 Å². The summed E-state index contributed by atoms with van der Waals surface area (Å²) in [4.78, 5) is 16.1. The van der Waals surface area contributed by atoms with Gasteiger partial charge < -0.3 is 10.1 Å². The molecule has 0 spiro atoms. The first kappa shape index (κ1) is 12.2. The van der Waals surface area contributed by atoms with Crippen molar-refractivity contribution in [2.24, 2.45) is 5.92 Å². The average molecular weight is 234 g/mol. The molecule has 2 unspecified atom stereocenters. The van der Waals surface area contributed by atoms with E-state index >= 15 is 0 Å². The van der Waals surface area contributed by atoms with E-state index < -0.39 is 0 Å². The molecule has 17 heavy (non-hydrogen) atoms. The van der Waals surface area contributed by atoms with E-state index in [2.05, 4.69) is 10.3 Å². The van der Waals surface area contributed by atoms with Crippen LogP contribution in [0.4, 0.5) is 0 Å². The number of Topliss-reactive ketones (excluding diaryl/α,β-unsaturated/α-hetero) is 1. The fourth-order valence-corrected chi connectivity index (χ4v) is 2.17. The summed E-state index contributed by atoms with van der Waals surface area (Å²) in [6.45, 7) is 4.10. The first-order chi connectivity index (χ1) is 8.31. The SMILES string of the molecule is CCNC1COCC1C(=O)Cc1ccncc1. The Kier molecular flexibility index (Phi) is 4.23. The average Bonchev–Trinajstić information content (AvgIpc) is 2.79. The van der Waals surface area contributed by atoms with Crippen LogP contribution in [0, 0.1) is 5.92 Å². The van der Waals surface area contributed by atoms with Gasteiger partial charge in [-0.25, -0.2) is 0 Å². The maximum Gasteiger partial charge on any atom is 0.144 e. The number of hydrogen-bond acceptors (Lipinski definition) is 4. The molecule has 2 atom stereocenters. The Labute approximate surface area is 101 Å². The lowest BCUT2D eigenvalue weighted by molar-refractivity contribution is -0.122. The number of ether oxygens (including phenoxy) is 1. The highest BCUT2D eigenvalue weighted by molar-refractivity contribution is 5.84. The summed E-state index contributed by atoms with van der Waals surface area (Å²) in [5.74, 6) is 0.239. The molecule has 1 N–H and O–H groups in total. The highest BCUT2D eigenvalue weighted by Crippen LogP contribution is 2.17. The van der Waals surface area contributed by atoms with Gasteiger partial charge in [0.05, 0.1) is 19.1 Å². The Bertz CT molecular complexity index is 367. The van der Waals surface area contributed by atoms with E-state index in [1.807, 2.05) is 19.1 Å². The van der Waals surface area contributed by atoms with Crippen molar-refractivity contribution in [1.29, 1.82) is 0 Å². The van der Waals surface area contributed by atoms with Crippen molar-refractivity contribution in [3.05, 3.63) is 30.1 Å². The van der Waals surface area contributed by atoms with Gasteiger partial charge in [0.2, 0.25) is 0 Å². The number of ketones is 1. The van der Waals surface area contributed by atoms with Gasteiger partial charge in [0, 0.05) is 24.9 Å². The zero-order valence-corrected chi connectivity index (χ0v) is 10.1. The van der Waals surface area contributed by atoms with Crippen molar-refractivity contribution in [3.63, 3.8) is 0 Å². The standard InChI is InChI=1S/C13H18N2O2/c1-2-15-12-9-17-8-11(12)13(16)7-10-3-5-14-6-4-10/h3-6,11-12,15H,2,7-9H2,1H3. The summed E-state index contributed by atoms with van der Waals surface area (Å²) < 4.78 is 5.39. The minimum atomic E-state index is -0.0110.